The Bertz CT molecular complexity index is 311. The van der Waals surface area contributed by atoms with Gasteiger partial charge in [-0.3, -0.25) is 4.79 Å². The summed E-state index contributed by atoms with van der Waals surface area (Å²) in [6, 6.07) is 0. The Morgan fingerprint density at radius 3 is 2.40 bits per heavy atom. The average molecular weight is 206 g/mol. The fourth-order valence-electron chi connectivity index (χ4n) is 3.35. The molecule has 0 saturated carbocycles. The van der Waals surface area contributed by atoms with E-state index in [9.17, 15) is 4.79 Å². The maximum absolute atomic E-state index is 12.1. The Morgan fingerprint density at radius 2 is 1.80 bits per heavy atom. The summed E-state index contributed by atoms with van der Waals surface area (Å²) in [6.07, 6.45) is 3.54. The largest absolute Gasteiger partial charge is 0.294 e. The number of allylic oxidation sites excluding steroid dienone is 2. The van der Waals surface area contributed by atoms with Crippen molar-refractivity contribution in [3.63, 3.8) is 0 Å². The normalized spacial score (nSPS) is 36.3. The minimum absolute atomic E-state index is 0.261. The number of hydrogen-bond donors (Lipinski definition) is 0. The van der Waals surface area contributed by atoms with E-state index in [1.54, 1.807) is 0 Å². The molecule has 0 aromatic carbocycles. The van der Waals surface area contributed by atoms with Crippen molar-refractivity contribution in [2.75, 3.05) is 0 Å². The molecule has 3 atom stereocenters. The third-order valence-corrected chi connectivity index (χ3v) is 4.24. The Morgan fingerprint density at radius 1 is 1.13 bits per heavy atom. The Balaban J connectivity index is 2.37. The molecular formula is C14H22O. The molecule has 0 amide bonds. The number of carbonyl (C=O) groups is 1. The Labute approximate surface area is 92.9 Å². The zero-order valence-corrected chi connectivity index (χ0v) is 10.3. The van der Waals surface area contributed by atoms with E-state index < -0.39 is 0 Å². The first-order valence-corrected chi connectivity index (χ1v) is 6.29. The van der Waals surface area contributed by atoms with Crippen molar-refractivity contribution in [1.29, 1.82) is 0 Å². The predicted octanol–water partition coefficient (Wildman–Crippen LogP) is 3.59. The van der Waals surface area contributed by atoms with Crippen LogP contribution in [0.5, 0.6) is 0 Å². The topological polar surface area (TPSA) is 17.1 Å². The summed E-state index contributed by atoms with van der Waals surface area (Å²) in [5, 5.41) is 0. The molecule has 84 valence electrons. The van der Waals surface area contributed by atoms with Crippen LogP contribution in [0.2, 0.25) is 0 Å². The van der Waals surface area contributed by atoms with Gasteiger partial charge in [0, 0.05) is 5.92 Å². The van der Waals surface area contributed by atoms with Crippen molar-refractivity contribution >= 4 is 5.78 Å². The van der Waals surface area contributed by atoms with Gasteiger partial charge < -0.3 is 0 Å². The van der Waals surface area contributed by atoms with Crippen LogP contribution in [-0.4, -0.2) is 5.78 Å². The van der Waals surface area contributed by atoms with E-state index in [4.69, 9.17) is 0 Å². The van der Waals surface area contributed by atoms with Gasteiger partial charge in [0.05, 0.1) is 0 Å². The van der Waals surface area contributed by atoms with E-state index in [0.29, 0.717) is 23.5 Å². The highest BCUT2D eigenvalue weighted by atomic mass is 16.1. The van der Waals surface area contributed by atoms with Gasteiger partial charge in [0.15, 0.2) is 5.78 Å². The molecule has 0 spiro atoms. The SMILES string of the molecule is CC1CC2=C(C1=O)C(C)CCC2C(C)C. The summed E-state index contributed by atoms with van der Waals surface area (Å²) in [7, 11) is 0. The van der Waals surface area contributed by atoms with Crippen LogP contribution >= 0.6 is 0 Å². The summed E-state index contributed by atoms with van der Waals surface area (Å²) in [5.41, 5.74) is 2.73. The van der Waals surface area contributed by atoms with Gasteiger partial charge in [0.25, 0.3) is 0 Å². The second-order valence-corrected chi connectivity index (χ2v) is 5.74. The van der Waals surface area contributed by atoms with Crippen LogP contribution < -0.4 is 0 Å². The van der Waals surface area contributed by atoms with Gasteiger partial charge in [-0.25, -0.2) is 0 Å². The monoisotopic (exact) mass is 206 g/mol. The summed E-state index contributed by atoms with van der Waals surface area (Å²) < 4.78 is 0. The van der Waals surface area contributed by atoms with E-state index in [-0.39, 0.29) is 5.92 Å². The van der Waals surface area contributed by atoms with Gasteiger partial charge >= 0.3 is 0 Å². The zero-order valence-electron chi connectivity index (χ0n) is 10.3. The maximum atomic E-state index is 12.1. The van der Waals surface area contributed by atoms with E-state index in [1.807, 2.05) is 0 Å². The molecule has 15 heavy (non-hydrogen) atoms. The van der Waals surface area contributed by atoms with Gasteiger partial charge in [0.1, 0.15) is 0 Å². The van der Waals surface area contributed by atoms with E-state index in [0.717, 1.165) is 6.42 Å². The molecule has 0 aromatic rings. The fraction of sp³-hybridized carbons (Fsp3) is 0.786. The summed E-state index contributed by atoms with van der Waals surface area (Å²) in [6.45, 7) is 8.89. The molecule has 0 saturated heterocycles. The van der Waals surface area contributed by atoms with Crippen molar-refractivity contribution in [1.82, 2.24) is 0 Å². The highest BCUT2D eigenvalue weighted by molar-refractivity contribution is 6.01. The van der Waals surface area contributed by atoms with E-state index in [2.05, 4.69) is 27.7 Å². The van der Waals surface area contributed by atoms with Crippen LogP contribution in [0, 0.1) is 23.7 Å². The molecule has 0 heterocycles. The van der Waals surface area contributed by atoms with E-state index in [1.165, 1.54) is 24.0 Å². The van der Waals surface area contributed by atoms with Crippen LogP contribution in [0.1, 0.15) is 47.0 Å². The second-order valence-electron chi connectivity index (χ2n) is 5.74. The third-order valence-electron chi connectivity index (χ3n) is 4.24. The zero-order chi connectivity index (χ0) is 11.2. The molecule has 0 N–H and O–H groups in total. The molecule has 2 aliphatic rings. The minimum atomic E-state index is 0.261. The summed E-state index contributed by atoms with van der Waals surface area (Å²) in [5.74, 6) is 2.61. The lowest BCUT2D eigenvalue weighted by atomic mass is 9.74. The molecule has 0 bridgehead atoms. The molecule has 1 nitrogen and oxygen atoms in total. The Hall–Kier alpha value is -0.590. The van der Waals surface area contributed by atoms with Crippen LogP contribution in [-0.2, 0) is 4.79 Å². The van der Waals surface area contributed by atoms with Crippen LogP contribution in [0.15, 0.2) is 11.1 Å². The smallest absolute Gasteiger partial charge is 0.162 e. The van der Waals surface area contributed by atoms with Crippen LogP contribution in [0.4, 0.5) is 0 Å². The molecule has 0 aliphatic heterocycles. The number of Topliss-reactive ketones (excluding diaryl/α,β-unsaturated/α-hetero) is 1. The van der Waals surface area contributed by atoms with Crippen molar-refractivity contribution in [3.05, 3.63) is 11.1 Å². The second kappa shape index (κ2) is 3.77. The number of rotatable bonds is 1. The van der Waals surface area contributed by atoms with Crippen molar-refractivity contribution < 1.29 is 4.79 Å². The van der Waals surface area contributed by atoms with Crippen molar-refractivity contribution in [3.8, 4) is 0 Å². The van der Waals surface area contributed by atoms with Crippen LogP contribution in [0.3, 0.4) is 0 Å². The lowest BCUT2D eigenvalue weighted by molar-refractivity contribution is -0.118. The first-order chi connectivity index (χ1) is 7.02. The molecule has 0 fully saturated rings. The quantitative estimate of drug-likeness (QED) is 0.640. The summed E-state index contributed by atoms with van der Waals surface area (Å²) in [4.78, 5) is 12.1. The molecule has 3 unspecified atom stereocenters. The number of hydrogen-bond acceptors (Lipinski definition) is 1. The van der Waals surface area contributed by atoms with Gasteiger partial charge in [-0.15, -0.1) is 0 Å². The van der Waals surface area contributed by atoms with Gasteiger partial charge in [-0.05, 0) is 42.6 Å². The van der Waals surface area contributed by atoms with Gasteiger partial charge in [-0.1, -0.05) is 33.3 Å². The predicted molar refractivity (Wildman–Crippen MR) is 62.5 cm³/mol. The fourth-order valence-corrected chi connectivity index (χ4v) is 3.35. The van der Waals surface area contributed by atoms with Crippen LogP contribution in [0.25, 0.3) is 0 Å². The van der Waals surface area contributed by atoms with Crippen molar-refractivity contribution in [2.24, 2.45) is 23.7 Å². The first kappa shape index (κ1) is 10.9. The minimum Gasteiger partial charge on any atom is -0.294 e. The molecule has 2 rings (SSSR count). The summed E-state index contributed by atoms with van der Waals surface area (Å²) >= 11 is 0. The lowest BCUT2D eigenvalue weighted by Gasteiger charge is -2.31. The molecular weight excluding hydrogens is 184 g/mol. The third kappa shape index (κ3) is 1.66. The van der Waals surface area contributed by atoms with Gasteiger partial charge in [-0.2, -0.15) is 0 Å². The first-order valence-electron chi connectivity index (χ1n) is 6.29. The molecule has 2 aliphatic carbocycles. The highest BCUT2D eigenvalue weighted by Crippen LogP contribution is 2.46. The molecule has 0 radical (unpaired) electrons. The number of carbonyl (C=O) groups excluding carboxylic acids is 1. The average Bonchev–Trinajstić information content (AvgIpc) is 2.44. The maximum Gasteiger partial charge on any atom is 0.162 e. The highest BCUT2D eigenvalue weighted by Gasteiger charge is 2.39. The van der Waals surface area contributed by atoms with Crippen molar-refractivity contribution in [2.45, 2.75) is 47.0 Å². The molecule has 0 aromatic heterocycles. The Kier molecular flexibility index (Phi) is 2.74. The van der Waals surface area contributed by atoms with Gasteiger partial charge in [0.2, 0.25) is 0 Å². The lowest BCUT2D eigenvalue weighted by Crippen LogP contribution is -2.21. The standard InChI is InChI=1S/C14H22O/c1-8(2)11-6-5-9(3)13-12(11)7-10(4)14(13)15/h8-11H,5-7H2,1-4H3. The number of ketones is 1. The molecule has 1 heteroatoms. The van der Waals surface area contributed by atoms with E-state index >= 15 is 0 Å².